The van der Waals surface area contributed by atoms with Crippen LogP contribution in [0.5, 0.6) is 0 Å². The summed E-state index contributed by atoms with van der Waals surface area (Å²) in [4.78, 5) is 15.4. The van der Waals surface area contributed by atoms with E-state index in [9.17, 15) is 4.20 Å². The number of hydrogen-bond acceptors (Lipinski definition) is 2. The standard InChI is InChI=1S/FH2O3P.FH.2Na/c1-5(2,3)4;;;/h(H2,2,3,4);1H;;/q;;2*+1/p-2. The fraction of sp³-hybridized carbons (Fsp3) is 0. The number of halogens is 2. The molecule has 0 heterocycles. The van der Waals surface area contributed by atoms with Crippen molar-refractivity contribution in [1.29, 1.82) is 0 Å². The van der Waals surface area contributed by atoms with Crippen LogP contribution in [-0.2, 0) is 4.57 Å². The Morgan fingerprint density at radius 1 is 1.50 bits per heavy atom. The van der Waals surface area contributed by atoms with Crippen LogP contribution in [-0.4, -0.2) is 4.89 Å². The van der Waals surface area contributed by atoms with Gasteiger partial charge in [0.1, 0.15) is 0 Å². The molecule has 8 heavy (non-hydrogen) atoms. The van der Waals surface area contributed by atoms with Crippen molar-refractivity contribution >= 4 is 7.91 Å². The van der Waals surface area contributed by atoms with E-state index in [1.807, 2.05) is 0 Å². The molecule has 0 aromatic carbocycles. The quantitative estimate of drug-likeness (QED) is 0.285. The van der Waals surface area contributed by atoms with Gasteiger partial charge in [0.15, 0.2) is 0 Å². The third kappa shape index (κ3) is 97.4. The van der Waals surface area contributed by atoms with Crippen molar-refractivity contribution in [1.82, 2.24) is 0 Å². The zero-order valence-corrected chi connectivity index (χ0v) is 9.36. The van der Waals surface area contributed by atoms with Crippen molar-refractivity contribution in [2.24, 2.45) is 0 Å². The average Bonchev–Trinajstić information content (AvgIpc) is 0.722. The Kier molecular flexibility index (Phi) is 25.3. The average molecular weight is 164 g/mol. The molecule has 0 aliphatic rings. The van der Waals surface area contributed by atoms with E-state index in [-0.39, 0.29) is 63.8 Å². The monoisotopic (exact) mass is 164 g/mol. The molecule has 0 rings (SSSR count). The summed E-state index contributed by atoms with van der Waals surface area (Å²) in [5, 5.41) is 0. The number of hydrogen-bond donors (Lipinski definition) is 1. The molecule has 1 N–H and O–H groups in total. The summed E-state index contributed by atoms with van der Waals surface area (Å²) in [6.07, 6.45) is 0. The van der Waals surface area contributed by atoms with Crippen LogP contribution in [0.15, 0.2) is 0 Å². The van der Waals surface area contributed by atoms with Crippen LogP contribution >= 0.6 is 7.91 Å². The molecule has 40 valence electrons. The van der Waals surface area contributed by atoms with E-state index in [1.54, 1.807) is 0 Å². The Morgan fingerprint density at radius 3 is 1.50 bits per heavy atom. The zero-order valence-electron chi connectivity index (χ0n) is 4.47. The van der Waals surface area contributed by atoms with E-state index in [0.717, 1.165) is 0 Å². The molecule has 0 spiro atoms. The van der Waals surface area contributed by atoms with Crippen LogP contribution in [0.4, 0.5) is 4.20 Å². The third-order valence-corrected chi connectivity index (χ3v) is 0. The molecule has 3 nitrogen and oxygen atoms in total. The van der Waals surface area contributed by atoms with Crippen LogP contribution in [0.2, 0.25) is 0 Å². The summed E-state index contributed by atoms with van der Waals surface area (Å²) >= 11 is 0. The van der Waals surface area contributed by atoms with Gasteiger partial charge in [0.05, 0.1) is 0 Å². The minimum atomic E-state index is -5.39. The maximum absolute atomic E-state index is 10.2. The van der Waals surface area contributed by atoms with E-state index in [4.69, 9.17) is 14.4 Å². The molecule has 0 aromatic heterocycles. The molecule has 0 radical (unpaired) electrons. The number of rotatable bonds is 0. The van der Waals surface area contributed by atoms with Gasteiger partial charge in [-0.25, -0.2) is 0 Å². The zero-order chi connectivity index (χ0) is 4.50. The molecular formula is HF2Na2O3P. The van der Waals surface area contributed by atoms with Crippen LogP contribution in [0.25, 0.3) is 0 Å². The molecular weight excluding hydrogens is 163 g/mol. The second-order valence-electron chi connectivity index (χ2n) is 0.451. The first kappa shape index (κ1) is 22.5. The van der Waals surface area contributed by atoms with E-state index in [2.05, 4.69) is 0 Å². The van der Waals surface area contributed by atoms with Gasteiger partial charge in [-0.05, 0) is 0 Å². The molecule has 1 atom stereocenters. The topological polar surface area (TPSA) is 60.4 Å². The third-order valence-electron chi connectivity index (χ3n) is 0. The maximum Gasteiger partial charge on any atom is 1.00 e. The van der Waals surface area contributed by atoms with Crippen LogP contribution in [0.1, 0.15) is 0 Å². The predicted molar refractivity (Wildman–Crippen MR) is 10.9 cm³/mol. The van der Waals surface area contributed by atoms with Gasteiger partial charge in [0, 0.05) is 0 Å². The smallest absolute Gasteiger partial charge is 1.00 e. The van der Waals surface area contributed by atoms with Crippen molar-refractivity contribution in [2.45, 2.75) is 0 Å². The molecule has 0 saturated carbocycles. The van der Waals surface area contributed by atoms with Crippen molar-refractivity contribution < 1.29 is 82.4 Å². The predicted octanol–water partition coefficient (Wildman–Crippen LogP) is -9.57. The van der Waals surface area contributed by atoms with Crippen LogP contribution in [0.3, 0.4) is 0 Å². The molecule has 0 bridgehead atoms. The van der Waals surface area contributed by atoms with Gasteiger partial charge in [-0.2, -0.15) is 4.20 Å². The van der Waals surface area contributed by atoms with E-state index in [1.165, 1.54) is 0 Å². The first-order valence-corrected chi connectivity index (χ1v) is 2.20. The molecule has 0 aliphatic heterocycles. The van der Waals surface area contributed by atoms with E-state index < -0.39 is 7.91 Å². The van der Waals surface area contributed by atoms with Gasteiger partial charge in [0.25, 0.3) is 0 Å². The Morgan fingerprint density at radius 2 is 1.50 bits per heavy atom. The molecule has 0 amide bonds. The van der Waals surface area contributed by atoms with Crippen molar-refractivity contribution in [2.75, 3.05) is 0 Å². The van der Waals surface area contributed by atoms with E-state index in [0.29, 0.717) is 0 Å². The van der Waals surface area contributed by atoms with Crippen molar-refractivity contribution in [3.63, 3.8) is 0 Å². The second-order valence-corrected chi connectivity index (χ2v) is 1.35. The molecule has 8 heteroatoms. The van der Waals surface area contributed by atoms with Crippen molar-refractivity contribution in [3.05, 3.63) is 0 Å². The Labute approximate surface area is 89.3 Å². The van der Waals surface area contributed by atoms with Crippen LogP contribution < -0.4 is 68.7 Å². The van der Waals surface area contributed by atoms with Gasteiger partial charge in [-0.1, -0.05) is 0 Å². The minimum absolute atomic E-state index is 0. The largest absolute Gasteiger partial charge is 1.00 e. The fourth-order valence-electron chi connectivity index (χ4n) is 0. The summed E-state index contributed by atoms with van der Waals surface area (Å²) < 4.78 is 18.8. The maximum atomic E-state index is 10.2. The van der Waals surface area contributed by atoms with Crippen LogP contribution in [0, 0.1) is 0 Å². The van der Waals surface area contributed by atoms with Gasteiger partial charge in [-0.3, -0.25) is 4.57 Å². The molecule has 0 fully saturated rings. The second kappa shape index (κ2) is 9.01. The van der Waals surface area contributed by atoms with Gasteiger partial charge in [-0.15, -0.1) is 0 Å². The molecule has 0 saturated heterocycles. The van der Waals surface area contributed by atoms with Crippen molar-refractivity contribution in [3.8, 4) is 0 Å². The van der Waals surface area contributed by atoms with Gasteiger partial charge < -0.3 is 14.5 Å². The van der Waals surface area contributed by atoms with Gasteiger partial charge >= 0.3 is 67.0 Å². The minimum Gasteiger partial charge on any atom is -1.00 e. The summed E-state index contributed by atoms with van der Waals surface area (Å²) in [7, 11) is -5.39. The molecule has 0 aromatic rings. The first-order chi connectivity index (χ1) is 2.00. The Balaban J connectivity index is -0.0000000267. The summed E-state index contributed by atoms with van der Waals surface area (Å²) in [6.45, 7) is 0. The fourth-order valence-corrected chi connectivity index (χ4v) is 0. The van der Waals surface area contributed by atoms with Gasteiger partial charge in [0.2, 0.25) is 0 Å². The SMILES string of the molecule is O=P([O-])(O)F.[F-].[Na+].[Na+]. The summed E-state index contributed by atoms with van der Waals surface area (Å²) in [5.74, 6) is 0. The summed E-state index contributed by atoms with van der Waals surface area (Å²) in [6, 6.07) is 0. The normalized spacial score (nSPS) is 13.4. The summed E-state index contributed by atoms with van der Waals surface area (Å²) in [5.41, 5.74) is 0. The molecule has 0 aliphatic carbocycles. The Bertz CT molecular complexity index is 61.4. The Hall–Kier alpha value is 2.01. The molecule has 1 unspecified atom stereocenters. The first-order valence-electron chi connectivity index (χ1n) is 0.734. The van der Waals surface area contributed by atoms with E-state index >= 15 is 0 Å².